The fourth-order valence-electron chi connectivity index (χ4n) is 0.810. The van der Waals surface area contributed by atoms with Crippen LogP contribution >= 0.6 is 0 Å². The SMILES string of the molecule is C#Cc1cc(C)c(F)c(F)c1. The van der Waals surface area contributed by atoms with Crippen LogP contribution in [0.25, 0.3) is 0 Å². The van der Waals surface area contributed by atoms with Gasteiger partial charge >= 0.3 is 0 Å². The largest absolute Gasteiger partial charge is 0.204 e. The summed E-state index contributed by atoms with van der Waals surface area (Å²) in [5.74, 6) is 0.509. The molecule has 2 heteroatoms. The van der Waals surface area contributed by atoms with Crippen LogP contribution in [0.15, 0.2) is 12.1 Å². The van der Waals surface area contributed by atoms with Crippen LogP contribution in [0.4, 0.5) is 8.78 Å². The first-order chi connectivity index (χ1) is 5.15. The first-order valence-electron chi connectivity index (χ1n) is 3.07. The molecule has 0 aromatic heterocycles. The smallest absolute Gasteiger partial charge is 0.161 e. The second kappa shape index (κ2) is 2.71. The highest BCUT2D eigenvalue weighted by Gasteiger charge is 2.05. The quantitative estimate of drug-likeness (QED) is 0.500. The Morgan fingerprint density at radius 1 is 1.36 bits per heavy atom. The third-order valence-corrected chi connectivity index (χ3v) is 1.38. The molecule has 0 radical (unpaired) electrons. The van der Waals surface area contributed by atoms with Crippen LogP contribution in [0.2, 0.25) is 0 Å². The van der Waals surface area contributed by atoms with Crippen molar-refractivity contribution in [2.45, 2.75) is 6.92 Å². The maximum atomic E-state index is 12.6. The Labute approximate surface area is 63.9 Å². The summed E-state index contributed by atoms with van der Waals surface area (Å²) in [6.45, 7) is 1.47. The summed E-state index contributed by atoms with van der Waals surface area (Å²) in [6.07, 6.45) is 5.00. The van der Waals surface area contributed by atoms with E-state index in [0.717, 1.165) is 6.07 Å². The highest BCUT2D eigenvalue weighted by Crippen LogP contribution is 2.12. The third kappa shape index (κ3) is 1.38. The molecule has 0 fully saturated rings. The van der Waals surface area contributed by atoms with E-state index in [0.29, 0.717) is 5.56 Å². The zero-order chi connectivity index (χ0) is 8.43. The molecule has 0 N–H and O–H groups in total. The van der Waals surface area contributed by atoms with Crippen molar-refractivity contribution in [1.29, 1.82) is 0 Å². The fourth-order valence-corrected chi connectivity index (χ4v) is 0.810. The van der Waals surface area contributed by atoms with E-state index in [-0.39, 0.29) is 5.56 Å². The van der Waals surface area contributed by atoms with Crippen molar-refractivity contribution < 1.29 is 8.78 Å². The van der Waals surface area contributed by atoms with Gasteiger partial charge in [0.1, 0.15) is 0 Å². The number of hydrogen-bond donors (Lipinski definition) is 0. The molecule has 0 heterocycles. The second-order valence-electron chi connectivity index (χ2n) is 2.23. The summed E-state index contributed by atoms with van der Waals surface area (Å²) in [6, 6.07) is 2.43. The van der Waals surface area contributed by atoms with E-state index in [1.165, 1.54) is 13.0 Å². The van der Waals surface area contributed by atoms with Crippen LogP contribution in [-0.2, 0) is 0 Å². The monoisotopic (exact) mass is 152 g/mol. The van der Waals surface area contributed by atoms with Gasteiger partial charge in [0.15, 0.2) is 11.6 Å². The van der Waals surface area contributed by atoms with Crippen molar-refractivity contribution >= 4 is 0 Å². The third-order valence-electron chi connectivity index (χ3n) is 1.38. The van der Waals surface area contributed by atoms with E-state index in [2.05, 4.69) is 5.92 Å². The molecule has 0 saturated heterocycles. The van der Waals surface area contributed by atoms with E-state index in [1.807, 2.05) is 0 Å². The predicted molar refractivity (Wildman–Crippen MR) is 39.0 cm³/mol. The average molecular weight is 152 g/mol. The molecule has 0 atom stereocenters. The molecule has 1 aromatic carbocycles. The summed E-state index contributed by atoms with van der Waals surface area (Å²) >= 11 is 0. The Morgan fingerprint density at radius 2 is 2.00 bits per heavy atom. The van der Waals surface area contributed by atoms with Crippen molar-refractivity contribution in [3.05, 3.63) is 34.9 Å². The molecular formula is C9H6F2. The minimum absolute atomic E-state index is 0.234. The minimum Gasteiger partial charge on any atom is -0.204 e. The van der Waals surface area contributed by atoms with Crippen molar-refractivity contribution in [3.8, 4) is 12.3 Å². The molecule has 1 aromatic rings. The lowest BCUT2D eigenvalue weighted by atomic mass is 10.1. The number of terminal acetylenes is 1. The van der Waals surface area contributed by atoms with E-state index < -0.39 is 11.6 Å². The molecule has 0 nitrogen and oxygen atoms in total. The van der Waals surface area contributed by atoms with Gasteiger partial charge in [-0.1, -0.05) is 5.92 Å². The summed E-state index contributed by atoms with van der Waals surface area (Å²) in [5, 5.41) is 0. The van der Waals surface area contributed by atoms with Crippen LogP contribution in [0, 0.1) is 30.9 Å². The number of hydrogen-bond acceptors (Lipinski definition) is 0. The van der Waals surface area contributed by atoms with Crippen LogP contribution < -0.4 is 0 Å². The lowest BCUT2D eigenvalue weighted by Gasteiger charge is -1.97. The molecule has 0 amide bonds. The Kier molecular flexibility index (Phi) is 1.91. The Morgan fingerprint density at radius 3 is 2.45 bits per heavy atom. The van der Waals surface area contributed by atoms with Crippen LogP contribution in [0.1, 0.15) is 11.1 Å². The molecule has 0 aliphatic rings. The molecule has 0 aliphatic heterocycles. The number of rotatable bonds is 0. The van der Waals surface area contributed by atoms with Gasteiger partial charge in [0.25, 0.3) is 0 Å². The average Bonchev–Trinajstić information content (AvgIpc) is 1.99. The first kappa shape index (κ1) is 7.74. The summed E-state index contributed by atoms with van der Waals surface area (Å²) in [5.41, 5.74) is 0.597. The molecule has 0 saturated carbocycles. The zero-order valence-electron chi connectivity index (χ0n) is 5.99. The first-order valence-corrected chi connectivity index (χ1v) is 3.07. The maximum absolute atomic E-state index is 12.6. The van der Waals surface area contributed by atoms with Gasteiger partial charge in [-0.25, -0.2) is 8.78 Å². The molecule has 1 rings (SSSR count). The van der Waals surface area contributed by atoms with Gasteiger partial charge in [0.05, 0.1) is 0 Å². The number of aryl methyl sites for hydroxylation is 1. The lowest BCUT2D eigenvalue weighted by Crippen LogP contribution is -1.90. The van der Waals surface area contributed by atoms with Crippen LogP contribution in [0.3, 0.4) is 0 Å². The summed E-state index contributed by atoms with van der Waals surface area (Å²) < 4.78 is 25.2. The molecular weight excluding hydrogens is 146 g/mol. The molecule has 56 valence electrons. The fraction of sp³-hybridized carbons (Fsp3) is 0.111. The van der Waals surface area contributed by atoms with Gasteiger partial charge in [-0.3, -0.25) is 0 Å². The zero-order valence-corrected chi connectivity index (χ0v) is 5.99. The molecule has 0 aliphatic carbocycles. The van der Waals surface area contributed by atoms with Gasteiger partial charge in [-0.2, -0.15) is 0 Å². The standard InChI is InChI=1S/C9H6F2/c1-3-7-4-6(2)9(11)8(10)5-7/h1,4-5H,2H3. The Balaban J connectivity index is 3.35. The van der Waals surface area contributed by atoms with Gasteiger partial charge in [0, 0.05) is 5.56 Å². The van der Waals surface area contributed by atoms with E-state index in [9.17, 15) is 8.78 Å². The van der Waals surface area contributed by atoms with Crippen molar-refractivity contribution in [1.82, 2.24) is 0 Å². The van der Waals surface area contributed by atoms with Crippen LogP contribution in [-0.4, -0.2) is 0 Å². The highest BCUT2D eigenvalue weighted by atomic mass is 19.2. The summed E-state index contributed by atoms with van der Waals surface area (Å²) in [4.78, 5) is 0. The lowest BCUT2D eigenvalue weighted by molar-refractivity contribution is 0.503. The van der Waals surface area contributed by atoms with E-state index in [1.54, 1.807) is 0 Å². The van der Waals surface area contributed by atoms with Crippen molar-refractivity contribution in [2.24, 2.45) is 0 Å². The van der Waals surface area contributed by atoms with Gasteiger partial charge < -0.3 is 0 Å². The molecule has 0 unspecified atom stereocenters. The van der Waals surface area contributed by atoms with Gasteiger partial charge in [-0.05, 0) is 24.6 Å². The van der Waals surface area contributed by atoms with Crippen molar-refractivity contribution in [3.63, 3.8) is 0 Å². The topological polar surface area (TPSA) is 0 Å². The van der Waals surface area contributed by atoms with E-state index >= 15 is 0 Å². The van der Waals surface area contributed by atoms with Gasteiger partial charge in [-0.15, -0.1) is 6.42 Å². The molecule has 0 bridgehead atoms. The number of halogens is 2. The molecule has 11 heavy (non-hydrogen) atoms. The Bertz CT molecular complexity index is 298. The number of benzene rings is 1. The van der Waals surface area contributed by atoms with E-state index in [4.69, 9.17) is 6.42 Å². The second-order valence-corrected chi connectivity index (χ2v) is 2.23. The normalized spacial score (nSPS) is 9.27. The van der Waals surface area contributed by atoms with Crippen molar-refractivity contribution in [2.75, 3.05) is 0 Å². The van der Waals surface area contributed by atoms with Gasteiger partial charge in [0.2, 0.25) is 0 Å². The molecule has 0 spiro atoms. The highest BCUT2D eigenvalue weighted by molar-refractivity contribution is 5.36. The maximum Gasteiger partial charge on any atom is 0.161 e. The minimum atomic E-state index is -0.891. The summed E-state index contributed by atoms with van der Waals surface area (Å²) in [7, 11) is 0. The Hall–Kier alpha value is -1.36. The predicted octanol–water partition coefficient (Wildman–Crippen LogP) is 2.25. The van der Waals surface area contributed by atoms with Crippen LogP contribution in [0.5, 0.6) is 0 Å².